The van der Waals surface area contributed by atoms with Crippen molar-refractivity contribution >= 4 is 12.6 Å². The predicted octanol–water partition coefficient (Wildman–Crippen LogP) is 2.35. The number of rotatable bonds is 6. The Morgan fingerprint density at radius 2 is 1.79 bits per heavy atom. The lowest BCUT2D eigenvalue weighted by atomic mass is 10.2. The molecule has 96 valence electrons. The standard InChI is InChI=1S/C15H14N2O2/c18-12-17-16-10-13-6-8-15(9-7-13)19-11-14-4-2-1-3-5-14/h1-10,12H,11H2,(H,17,18). The number of hydrazone groups is 1. The highest BCUT2D eigenvalue weighted by Gasteiger charge is 1.95. The Bertz CT molecular complexity index is 536. The van der Waals surface area contributed by atoms with Crippen LogP contribution in [0.4, 0.5) is 0 Å². The Morgan fingerprint density at radius 1 is 1.05 bits per heavy atom. The van der Waals surface area contributed by atoms with Gasteiger partial charge in [-0.2, -0.15) is 5.10 Å². The van der Waals surface area contributed by atoms with E-state index in [1.807, 2.05) is 54.6 Å². The van der Waals surface area contributed by atoms with Crippen LogP contribution in [0.15, 0.2) is 59.7 Å². The number of amides is 1. The molecule has 0 saturated heterocycles. The summed E-state index contributed by atoms with van der Waals surface area (Å²) < 4.78 is 5.66. The Balaban J connectivity index is 1.90. The van der Waals surface area contributed by atoms with Gasteiger partial charge < -0.3 is 4.74 Å². The molecule has 0 spiro atoms. The van der Waals surface area contributed by atoms with E-state index >= 15 is 0 Å². The molecule has 0 atom stereocenters. The van der Waals surface area contributed by atoms with Crippen LogP contribution in [0.3, 0.4) is 0 Å². The highest BCUT2D eigenvalue weighted by molar-refractivity contribution is 5.80. The summed E-state index contributed by atoms with van der Waals surface area (Å²) in [4.78, 5) is 10.0. The minimum atomic E-state index is 0.522. The van der Waals surface area contributed by atoms with Crippen LogP contribution in [-0.2, 0) is 11.4 Å². The first kappa shape index (κ1) is 12.8. The Hall–Kier alpha value is -2.62. The highest BCUT2D eigenvalue weighted by Crippen LogP contribution is 2.13. The van der Waals surface area contributed by atoms with Crippen LogP contribution < -0.4 is 10.2 Å². The first-order chi connectivity index (χ1) is 9.38. The van der Waals surface area contributed by atoms with E-state index < -0.39 is 0 Å². The summed E-state index contributed by atoms with van der Waals surface area (Å²) in [5.41, 5.74) is 4.23. The second-order valence-electron chi connectivity index (χ2n) is 3.85. The molecule has 1 N–H and O–H groups in total. The van der Waals surface area contributed by atoms with Crippen LogP contribution in [0.25, 0.3) is 0 Å². The summed E-state index contributed by atoms with van der Waals surface area (Å²) in [6.45, 7) is 0.543. The van der Waals surface area contributed by atoms with Crippen LogP contribution in [0, 0.1) is 0 Å². The molecule has 2 aromatic rings. The van der Waals surface area contributed by atoms with E-state index in [1.54, 1.807) is 6.21 Å². The predicted molar refractivity (Wildman–Crippen MR) is 74.0 cm³/mol. The summed E-state index contributed by atoms with van der Waals surface area (Å²) in [7, 11) is 0. The molecule has 0 aliphatic rings. The Kier molecular flexibility index (Phi) is 4.70. The molecule has 0 saturated carbocycles. The van der Waals surface area contributed by atoms with Gasteiger partial charge >= 0.3 is 0 Å². The zero-order valence-electron chi connectivity index (χ0n) is 10.3. The lowest BCUT2D eigenvalue weighted by molar-refractivity contribution is -0.109. The summed E-state index contributed by atoms with van der Waals surface area (Å²) in [5, 5.41) is 3.70. The number of nitrogens with zero attached hydrogens (tertiary/aromatic N) is 1. The number of nitrogens with one attached hydrogen (secondary N) is 1. The third kappa shape index (κ3) is 4.27. The second kappa shape index (κ2) is 6.96. The van der Waals surface area contributed by atoms with E-state index in [-0.39, 0.29) is 0 Å². The monoisotopic (exact) mass is 254 g/mol. The van der Waals surface area contributed by atoms with Crippen LogP contribution in [-0.4, -0.2) is 12.6 Å². The quantitative estimate of drug-likeness (QED) is 0.488. The Labute approximate surface area is 111 Å². The van der Waals surface area contributed by atoms with Crippen LogP contribution >= 0.6 is 0 Å². The molecule has 0 aliphatic carbocycles. The van der Waals surface area contributed by atoms with Gasteiger partial charge in [-0.1, -0.05) is 30.3 Å². The topological polar surface area (TPSA) is 50.7 Å². The van der Waals surface area contributed by atoms with Crippen molar-refractivity contribution < 1.29 is 9.53 Å². The molecule has 0 aromatic heterocycles. The zero-order valence-corrected chi connectivity index (χ0v) is 10.3. The average Bonchev–Trinajstić information content (AvgIpc) is 2.48. The minimum Gasteiger partial charge on any atom is -0.489 e. The Morgan fingerprint density at radius 3 is 2.47 bits per heavy atom. The summed E-state index contributed by atoms with van der Waals surface area (Å²) >= 11 is 0. The van der Waals surface area contributed by atoms with Gasteiger partial charge in [-0.15, -0.1) is 0 Å². The van der Waals surface area contributed by atoms with Gasteiger partial charge in [0.2, 0.25) is 6.41 Å². The summed E-state index contributed by atoms with van der Waals surface area (Å²) in [6, 6.07) is 17.5. The SMILES string of the molecule is O=CNN=Cc1ccc(OCc2ccccc2)cc1. The van der Waals surface area contributed by atoms with E-state index in [2.05, 4.69) is 10.5 Å². The van der Waals surface area contributed by atoms with E-state index in [0.29, 0.717) is 13.0 Å². The number of hydrogen-bond acceptors (Lipinski definition) is 3. The van der Waals surface area contributed by atoms with E-state index in [0.717, 1.165) is 16.9 Å². The van der Waals surface area contributed by atoms with Gasteiger partial charge in [0.25, 0.3) is 0 Å². The van der Waals surface area contributed by atoms with Gasteiger partial charge in [0.15, 0.2) is 0 Å². The highest BCUT2D eigenvalue weighted by atomic mass is 16.5. The van der Waals surface area contributed by atoms with Crippen molar-refractivity contribution in [2.45, 2.75) is 6.61 Å². The summed E-state index contributed by atoms with van der Waals surface area (Å²) in [5.74, 6) is 0.796. The molecule has 4 heteroatoms. The number of carbonyl (C=O) groups excluding carboxylic acids is 1. The number of benzene rings is 2. The molecule has 0 radical (unpaired) electrons. The van der Waals surface area contributed by atoms with Crippen molar-refractivity contribution in [1.29, 1.82) is 0 Å². The maximum atomic E-state index is 10.0. The van der Waals surface area contributed by atoms with Gasteiger partial charge in [-0.3, -0.25) is 4.79 Å². The molecule has 0 fully saturated rings. The van der Waals surface area contributed by atoms with Gasteiger partial charge in [0, 0.05) is 0 Å². The van der Waals surface area contributed by atoms with Crippen LogP contribution in [0.5, 0.6) is 5.75 Å². The fraction of sp³-hybridized carbons (Fsp3) is 0.0667. The average molecular weight is 254 g/mol. The fourth-order valence-corrected chi connectivity index (χ4v) is 1.53. The van der Waals surface area contributed by atoms with Crippen molar-refractivity contribution in [2.75, 3.05) is 0 Å². The molecule has 0 aliphatic heterocycles. The van der Waals surface area contributed by atoms with E-state index in [9.17, 15) is 4.79 Å². The van der Waals surface area contributed by atoms with Gasteiger partial charge in [0.1, 0.15) is 12.4 Å². The molecule has 0 bridgehead atoms. The fourth-order valence-electron chi connectivity index (χ4n) is 1.53. The first-order valence-electron chi connectivity index (χ1n) is 5.87. The molecule has 1 amide bonds. The maximum Gasteiger partial charge on any atom is 0.227 e. The molecule has 19 heavy (non-hydrogen) atoms. The molecular weight excluding hydrogens is 240 g/mol. The van der Waals surface area contributed by atoms with Crippen LogP contribution in [0.2, 0.25) is 0 Å². The van der Waals surface area contributed by atoms with Crippen molar-refractivity contribution in [2.24, 2.45) is 5.10 Å². The van der Waals surface area contributed by atoms with Gasteiger partial charge in [0.05, 0.1) is 6.21 Å². The lowest BCUT2D eigenvalue weighted by Crippen LogP contribution is -2.00. The smallest absolute Gasteiger partial charge is 0.227 e. The van der Waals surface area contributed by atoms with Gasteiger partial charge in [-0.25, -0.2) is 5.43 Å². The third-order valence-corrected chi connectivity index (χ3v) is 2.47. The molecule has 0 heterocycles. The van der Waals surface area contributed by atoms with Crippen molar-refractivity contribution in [3.8, 4) is 5.75 Å². The molecule has 0 unspecified atom stereocenters. The summed E-state index contributed by atoms with van der Waals surface area (Å²) in [6.07, 6.45) is 2.09. The number of ether oxygens (including phenoxy) is 1. The van der Waals surface area contributed by atoms with Gasteiger partial charge in [-0.05, 0) is 35.4 Å². The molecule has 2 aromatic carbocycles. The number of carbonyl (C=O) groups is 1. The normalized spacial score (nSPS) is 10.3. The van der Waals surface area contributed by atoms with Crippen molar-refractivity contribution in [1.82, 2.24) is 5.43 Å². The molecule has 4 nitrogen and oxygen atoms in total. The van der Waals surface area contributed by atoms with Crippen molar-refractivity contribution in [3.63, 3.8) is 0 Å². The minimum absolute atomic E-state index is 0.522. The zero-order chi connectivity index (χ0) is 13.3. The van der Waals surface area contributed by atoms with Crippen molar-refractivity contribution in [3.05, 3.63) is 65.7 Å². The third-order valence-electron chi connectivity index (χ3n) is 2.47. The number of hydrogen-bond donors (Lipinski definition) is 1. The lowest BCUT2D eigenvalue weighted by Gasteiger charge is -2.06. The van der Waals surface area contributed by atoms with E-state index in [4.69, 9.17) is 4.74 Å². The van der Waals surface area contributed by atoms with E-state index in [1.165, 1.54) is 0 Å². The van der Waals surface area contributed by atoms with Crippen LogP contribution in [0.1, 0.15) is 11.1 Å². The molecular formula is C15H14N2O2. The maximum absolute atomic E-state index is 10.0. The first-order valence-corrected chi connectivity index (χ1v) is 5.87. The second-order valence-corrected chi connectivity index (χ2v) is 3.85. The molecule has 2 rings (SSSR count). The largest absolute Gasteiger partial charge is 0.489 e.